The Bertz CT molecular complexity index is 679. The van der Waals surface area contributed by atoms with E-state index < -0.39 is 7.12 Å². The highest BCUT2D eigenvalue weighted by molar-refractivity contribution is 6.56. The van der Waals surface area contributed by atoms with Crippen LogP contribution < -0.4 is 5.79 Å². The van der Waals surface area contributed by atoms with E-state index in [0.29, 0.717) is 11.1 Å². The van der Waals surface area contributed by atoms with Crippen LogP contribution in [0.3, 0.4) is 0 Å². The summed E-state index contributed by atoms with van der Waals surface area (Å²) in [6.07, 6.45) is 0. The fourth-order valence-corrected chi connectivity index (χ4v) is 1.86. The summed E-state index contributed by atoms with van der Waals surface area (Å²) in [6.45, 7) is 0. The van der Waals surface area contributed by atoms with Crippen molar-refractivity contribution in [3.63, 3.8) is 0 Å². The summed E-state index contributed by atoms with van der Waals surface area (Å²) in [5.74, 6) is -0.0878. The molecule has 2 N–H and O–H groups in total. The zero-order valence-electron chi connectivity index (χ0n) is 9.45. The number of hydrogen-bond donors (Lipinski definition) is 2. The molecule has 0 bridgehead atoms. The molecule has 0 spiro atoms. The lowest BCUT2D eigenvalue weighted by Gasteiger charge is -1.99. The van der Waals surface area contributed by atoms with Gasteiger partial charge in [-0.2, -0.15) is 0 Å². The molecule has 5 heteroatoms. The maximum absolute atomic E-state index is 9.01. The van der Waals surface area contributed by atoms with Crippen molar-refractivity contribution in [2.45, 2.75) is 0 Å². The Morgan fingerprint density at radius 1 is 0.944 bits per heavy atom. The largest absolute Gasteiger partial charge is 0.548 e. The van der Waals surface area contributed by atoms with Crippen LogP contribution in [0.2, 0.25) is 0 Å². The fourth-order valence-electron chi connectivity index (χ4n) is 1.86. The molecule has 0 unspecified atom stereocenters. The minimum atomic E-state index is -1.68. The second-order valence-corrected chi connectivity index (χ2v) is 3.97. The van der Waals surface area contributed by atoms with Gasteiger partial charge in [0, 0.05) is 0 Å². The van der Waals surface area contributed by atoms with Crippen molar-refractivity contribution in [3.05, 3.63) is 48.5 Å². The SMILES string of the molecule is OB(O)c1nc2ccc(-c3ccccc3)cc2o1. The Morgan fingerprint density at radius 2 is 1.72 bits per heavy atom. The van der Waals surface area contributed by atoms with Crippen LogP contribution in [0.15, 0.2) is 52.9 Å². The molecule has 0 saturated carbocycles. The molecule has 88 valence electrons. The van der Waals surface area contributed by atoms with Gasteiger partial charge in [0.25, 0.3) is 0 Å². The maximum atomic E-state index is 9.01. The smallest absolute Gasteiger partial charge is 0.444 e. The third-order valence-electron chi connectivity index (χ3n) is 2.73. The van der Waals surface area contributed by atoms with Crippen molar-refractivity contribution in [1.29, 1.82) is 0 Å². The molecule has 1 heterocycles. The van der Waals surface area contributed by atoms with Crippen LogP contribution in [-0.4, -0.2) is 22.2 Å². The lowest BCUT2D eigenvalue weighted by molar-refractivity contribution is 0.409. The van der Waals surface area contributed by atoms with Crippen LogP contribution in [0, 0.1) is 0 Å². The first-order chi connectivity index (χ1) is 8.74. The fraction of sp³-hybridized carbons (Fsp3) is 0. The van der Waals surface area contributed by atoms with E-state index in [1.54, 1.807) is 6.07 Å². The summed E-state index contributed by atoms with van der Waals surface area (Å²) in [7, 11) is -1.68. The summed E-state index contributed by atoms with van der Waals surface area (Å²) >= 11 is 0. The predicted molar refractivity (Wildman–Crippen MR) is 69.3 cm³/mol. The third kappa shape index (κ3) is 1.90. The predicted octanol–water partition coefficient (Wildman–Crippen LogP) is 1.17. The summed E-state index contributed by atoms with van der Waals surface area (Å²) in [6, 6.07) is 15.4. The average Bonchev–Trinajstić information content (AvgIpc) is 2.82. The first kappa shape index (κ1) is 11.0. The molecule has 0 amide bonds. The molecule has 3 rings (SSSR count). The lowest BCUT2D eigenvalue weighted by Crippen LogP contribution is -2.30. The van der Waals surface area contributed by atoms with E-state index >= 15 is 0 Å². The number of oxazole rings is 1. The zero-order chi connectivity index (χ0) is 12.5. The molecular formula is C13H10BNO3. The molecule has 4 nitrogen and oxygen atoms in total. The number of rotatable bonds is 2. The zero-order valence-corrected chi connectivity index (χ0v) is 9.45. The van der Waals surface area contributed by atoms with Crippen molar-refractivity contribution in [2.75, 3.05) is 0 Å². The Hall–Kier alpha value is -2.11. The second kappa shape index (κ2) is 4.29. The molecule has 0 atom stereocenters. The quantitative estimate of drug-likeness (QED) is 0.659. The summed E-state index contributed by atoms with van der Waals surface area (Å²) in [5.41, 5.74) is 3.22. The third-order valence-corrected chi connectivity index (χ3v) is 2.73. The van der Waals surface area contributed by atoms with Gasteiger partial charge in [-0.1, -0.05) is 36.4 Å². The topological polar surface area (TPSA) is 66.5 Å². The van der Waals surface area contributed by atoms with Crippen LogP contribution in [0.4, 0.5) is 0 Å². The Kier molecular flexibility index (Phi) is 2.62. The number of benzene rings is 2. The van der Waals surface area contributed by atoms with Gasteiger partial charge in [-0.05, 0) is 23.3 Å². The van der Waals surface area contributed by atoms with Crippen molar-refractivity contribution in [3.8, 4) is 11.1 Å². The lowest BCUT2D eigenvalue weighted by atomic mass is 9.93. The van der Waals surface area contributed by atoms with Gasteiger partial charge in [0.15, 0.2) is 5.58 Å². The number of hydrogen-bond acceptors (Lipinski definition) is 4. The molecular weight excluding hydrogens is 229 g/mol. The Morgan fingerprint density at radius 3 is 2.44 bits per heavy atom. The molecule has 2 aromatic carbocycles. The second-order valence-electron chi connectivity index (χ2n) is 3.97. The average molecular weight is 239 g/mol. The first-order valence-electron chi connectivity index (χ1n) is 5.56. The van der Waals surface area contributed by atoms with Gasteiger partial charge in [0.2, 0.25) is 5.79 Å². The van der Waals surface area contributed by atoms with Gasteiger partial charge in [-0.3, -0.25) is 0 Å². The van der Waals surface area contributed by atoms with Crippen LogP contribution in [0.5, 0.6) is 0 Å². The van der Waals surface area contributed by atoms with Gasteiger partial charge in [0.05, 0.1) is 0 Å². The molecule has 3 aromatic rings. The molecule has 0 aliphatic carbocycles. The monoisotopic (exact) mass is 239 g/mol. The van der Waals surface area contributed by atoms with E-state index in [4.69, 9.17) is 14.5 Å². The normalized spacial score (nSPS) is 10.8. The van der Waals surface area contributed by atoms with E-state index in [0.717, 1.165) is 11.1 Å². The number of nitrogens with zero attached hydrogens (tertiary/aromatic N) is 1. The maximum Gasteiger partial charge on any atom is 0.548 e. The van der Waals surface area contributed by atoms with Gasteiger partial charge in [0.1, 0.15) is 5.52 Å². The molecule has 0 aliphatic heterocycles. The highest BCUT2D eigenvalue weighted by atomic mass is 16.4. The van der Waals surface area contributed by atoms with Crippen molar-refractivity contribution < 1.29 is 14.5 Å². The first-order valence-corrected chi connectivity index (χ1v) is 5.56. The standard InChI is InChI=1S/C13H10BNO3/c16-14(17)13-15-11-7-6-10(8-12(11)18-13)9-4-2-1-3-5-9/h1-8,16-17H. The van der Waals surface area contributed by atoms with E-state index in [-0.39, 0.29) is 5.79 Å². The summed E-state index contributed by atoms with van der Waals surface area (Å²) < 4.78 is 5.28. The van der Waals surface area contributed by atoms with Crippen molar-refractivity contribution in [1.82, 2.24) is 4.98 Å². The Balaban J connectivity index is 2.11. The van der Waals surface area contributed by atoms with Crippen LogP contribution in [-0.2, 0) is 0 Å². The molecule has 0 aliphatic rings. The molecule has 0 fully saturated rings. The summed E-state index contributed by atoms with van der Waals surface area (Å²) in [5, 5.41) is 18.0. The minimum Gasteiger partial charge on any atom is -0.444 e. The van der Waals surface area contributed by atoms with Gasteiger partial charge >= 0.3 is 7.12 Å². The number of aromatic nitrogens is 1. The number of fused-ring (bicyclic) bond motifs is 1. The molecule has 0 radical (unpaired) electrons. The van der Waals surface area contributed by atoms with Gasteiger partial charge in [-0.25, -0.2) is 4.98 Å². The van der Waals surface area contributed by atoms with Gasteiger partial charge < -0.3 is 14.5 Å². The van der Waals surface area contributed by atoms with Crippen LogP contribution in [0.25, 0.3) is 22.2 Å². The van der Waals surface area contributed by atoms with Crippen molar-refractivity contribution >= 4 is 24.0 Å². The summed E-state index contributed by atoms with van der Waals surface area (Å²) in [4.78, 5) is 3.98. The Labute approximate surface area is 104 Å². The highest BCUT2D eigenvalue weighted by Crippen LogP contribution is 2.23. The van der Waals surface area contributed by atoms with E-state index in [1.807, 2.05) is 42.5 Å². The molecule has 18 heavy (non-hydrogen) atoms. The van der Waals surface area contributed by atoms with Gasteiger partial charge in [-0.15, -0.1) is 0 Å². The van der Waals surface area contributed by atoms with E-state index in [9.17, 15) is 0 Å². The molecule has 0 saturated heterocycles. The van der Waals surface area contributed by atoms with E-state index in [2.05, 4.69) is 4.98 Å². The highest BCUT2D eigenvalue weighted by Gasteiger charge is 2.19. The minimum absolute atomic E-state index is 0.0878. The van der Waals surface area contributed by atoms with Crippen LogP contribution in [0.1, 0.15) is 0 Å². The molecule has 1 aromatic heterocycles. The van der Waals surface area contributed by atoms with E-state index in [1.165, 1.54) is 0 Å². The van der Waals surface area contributed by atoms with Crippen molar-refractivity contribution in [2.24, 2.45) is 0 Å². The van der Waals surface area contributed by atoms with Crippen LogP contribution >= 0.6 is 0 Å².